The van der Waals surface area contributed by atoms with Crippen molar-refractivity contribution < 1.29 is 4.39 Å². The molecule has 0 aliphatic heterocycles. The summed E-state index contributed by atoms with van der Waals surface area (Å²) in [6.07, 6.45) is 0. The van der Waals surface area contributed by atoms with Gasteiger partial charge in [0.05, 0.1) is 4.34 Å². The molecule has 0 aromatic carbocycles. The van der Waals surface area contributed by atoms with E-state index in [0.29, 0.717) is 4.34 Å². The fourth-order valence-electron chi connectivity index (χ4n) is 0.852. The van der Waals surface area contributed by atoms with Crippen LogP contribution in [-0.4, -0.2) is 0 Å². The van der Waals surface area contributed by atoms with Gasteiger partial charge in [0.15, 0.2) is 5.13 Å². The number of hydrogen-bond acceptors (Lipinski definition) is 1. The smallest absolute Gasteiger partial charge is 0.178 e. The molecule has 0 fully saturated rings. The Hall–Kier alpha value is -0.0800. The third-order valence-electron chi connectivity index (χ3n) is 1.46. The van der Waals surface area contributed by atoms with Crippen molar-refractivity contribution in [3.63, 3.8) is 0 Å². The summed E-state index contributed by atoms with van der Waals surface area (Å²) in [5, 5.41) is -0.208. The second-order valence-electron chi connectivity index (χ2n) is 3.49. The topological polar surface area (TPSA) is 0 Å². The van der Waals surface area contributed by atoms with Crippen molar-refractivity contribution >= 4 is 22.9 Å². The van der Waals surface area contributed by atoms with Crippen LogP contribution in [0.4, 0.5) is 4.39 Å². The summed E-state index contributed by atoms with van der Waals surface area (Å²) in [6, 6.07) is 1.51. The van der Waals surface area contributed by atoms with Crippen molar-refractivity contribution in [1.82, 2.24) is 0 Å². The number of thiophene rings is 1. The summed E-state index contributed by atoms with van der Waals surface area (Å²) >= 11 is 6.80. The monoisotopic (exact) mass is 192 g/mol. The number of rotatable bonds is 0. The molecule has 0 unspecified atom stereocenters. The van der Waals surface area contributed by atoms with Crippen molar-refractivity contribution in [3.05, 3.63) is 21.1 Å². The minimum atomic E-state index is -0.208. The quantitative estimate of drug-likeness (QED) is 0.586. The largest absolute Gasteiger partial charge is 0.195 e. The Morgan fingerprint density at radius 2 is 2.00 bits per heavy atom. The first-order chi connectivity index (χ1) is 4.91. The fourth-order valence-corrected chi connectivity index (χ4v) is 2.23. The maximum Gasteiger partial charge on any atom is 0.178 e. The van der Waals surface area contributed by atoms with E-state index < -0.39 is 0 Å². The molecule has 0 amide bonds. The van der Waals surface area contributed by atoms with Crippen LogP contribution in [0.3, 0.4) is 0 Å². The zero-order chi connectivity index (χ0) is 8.65. The molecule has 0 spiro atoms. The molecule has 3 heteroatoms. The molecule has 0 saturated carbocycles. The van der Waals surface area contributed by atoms with Gasteiger partial charge < -0.3 is 0 Å². The van der Waals surface area contributed by atoms with Crippen molar-refractivity contribution in [2.24, 2.45) is 0 Å². The Labute approximate surface area is 75.0 Å². The first-order valence-electron chi connectivity index (χ1n) is 3.36. The van der Waals surface area contributed by atoms with Gasteiger partial charge >= 0.3 is 0 Å². The van der Waals surface area contributed by atoms with Crippen molar-refractivity contribution in [2.45, 2.75) is 26.2 Å². The first kappa shape index (κ1) is 9.01. The molecule has 1 rings (SSSR count). The predicted octanol–water partition coefficient (Wildman–Crippen LogP) is 3.84. The van der Waals surface area contributed by atoms with E-state index in [9.17, 15) is 4.39 Å². The van der Waals surface area contributed by atoms with E-state index in [0.717, 1.165) is 16.9 Å². The Bertz CT molecular complexity index is 260. The average molecular weight is 193 g/mol. The third kappa shape index (κ3) is 1.94. The zero-order valence-electron chi connectivity index (χ0n) is 6.74. The van der Waals surface area contributed by atoms with E-state index in [1.807, 2.05) is 20.8 Å². The second-order valence-corrected chi connectivity index (χ2v) is 5.09. The summed E-state index contributed by atoms with van der Waals surface area (Å²) in [6.45, 7) is 6.04. The molecule has 11 heavy (non-hydrogen) atoms. The molecule has 0 nitrogen and oxygen atoms in total. The SMILES string of the molecule is CC(C)(C)c1cc(F)sc1Cl. The highest BCUT2D eigenvalue weighted by Gasteiger charge is 2.19. The minimum absolute atomic E-state index is 0.0576. The molecule has 0 atom stereocenters. The van der Waals surface area contributed by atoms with Gasteiger partial charge in [0, 0.05) is 0 Å². The summed E-state index contributed by atoms with van der Waals surface area (Å²) in [5.74, 6) is 0. The van der Waals surface area contributed by atoms with Gasteiger partial charge in [-0.15, -0.1) is 0 Å². The lowest BCUT2D eigenvalue weighted by Crippen LogP contribution is -2.09. The lowest BCUT2D eigenvalue weighted by molar-refractivity contribution is 0.585. The molecule has 0 saturated heterocycles. The van der Waals surface area contributed by atoms with Crippen LogP contribution in [0.15, 0.2) is 6.07 Å². The molecule has 0 aliphatic rings. The highest BCUT2D eigenvalue weighted by Crippen LogP contribution is 2.35. The molecule has 0 N–H and O–H groups in total. The molecule has 0 radical (unpaired) electrons. The van der Waals surface area contributed by atoms with Gasteiger partial charge in [-0.3, -0.25) is 0 Å². The Morgan fingerprint density at radius 3 is 2.18 bits per heavy atom. The Morgan fingerprint density at radius 1 is 1.45 bits per heavy atom. The minimum Gasteiger partial charge on any atom is -0.195 e. The molecule has 62 valence electrons. The maximum atomic E-state index is 12.7. The molecule has 0 aliphatic carbocycles. The highest BCUT2D eigenvalue weighted by atomic mass is 35.5. The molecule has 1 heterocycles. The van der Waals surface area contributed by atoms with Crippen LogP contribution < -0.4 is 0 Å². The number of halogens is 2. The van der Waals surface area contributed by atoms with Crippen LogP contribution in [0.2, 0.25) is 4.34 Å². The van der Waals surface area contributed by atoms with Crippen LogP contribution >= 0.6 is 22.9 Å². The van der Waals surface area contributed by atoms with Crippen LogP contribution in [0.25, 0.3) is 0 Å². The van der Waals surface area contributed by atoms with Gasteiger partial charge in [0.1, 0.15) is 0 Å². The maximum absolute atomic E-state index is 12.7. The van der Waals surface area contributed by atoms with Crippen LogP contribution in [-0.2, 0) is 5.41 Å². The predicted molar refractivity (Wildman–Crippen MR) is 48.0 cm³/mol. The number of hydrogen-bond donors (Lipinski definition) is 0. The van der Waals surface area contributed by atoms with Crippen molar-refractivity contribution in [2.75, 3.05) is 0 Å². The molecule has 1 aromatic rings. The second kappa shape index (κ2) is 2.76. The van der Waals surface area contributed by atoms with Crippen LogP contribution in [0, 0.1) is 5.13 Å². The van der Waals surface area contributed by atoms with Crippen LogP contribution in [0.1, 0.15) is 26.3 Å². The van der Waals surface area contributed by atoms with E-state index in [1.165, 1.54) is 6.07 Å². The first-order valence-corrected chi connectivity index (χ1v) is 4.56. The van der Waals surface area contributed by atoms with Gasteiger partial charge in [0.25, 0.3) is 0 Å². The van der Waals surface area contributed by atoms with Gasteiger partial charge in [-0.25, -0.2) is 0 Å². The lowest BCUT2D eigenvalue weighted by atomic mass is 9.89. The molecule has 0 bridgehead atoms. The van der Waals surface area contributed by atoms with Gasteiger partial charge in [-0.1, -0.05) is 43.7 Å². The van der Waals surface area contributed by atoms with Gasteiger partial charge in [0.2, 0.25) is 0 Å². The summed E-state index contributed by atoms with van der Waals surface area (Å²) in [4.78, 5) is 0. The fraction of sp³-hybridized carbons (Fsp3) is 0.500. The average Bonchev–Trinajstić information content (AvgIpc) is 2.08. The lowest BCUT2D eigenvalue weighted by Gasteiger charge is -2.16. The normalized spacial score (nSPS) is 12.1. The molecular formula is C8H10ClFS. The summed E-state index contributed by atoms with van der Waals surface area (Å²) in [7, 11) is 0. The summed E-state index contributed by atoms with van der Waals surface area (Å²) < 4.78 is 13.2. The van der Waals surface area contributed by atoms with Gasteiger partial charge in [-0.2, -0.15) is 4.39 Å². The van der Waals surface area contributed by atoms with Gasteiger partial charge in [-0.05, 0) is 17.0 Å². The molecule has 1 aromatic heterocycles. The van der Waals surface area contributed by atoms with E-state index in [1.54, 1.807) is 0 Å². The van der Waals surface area contributed by atoms with Crippen LogP contribution in [0.5, 0.6) is 0 Å². The standard InChI is InChI=1S/C8H10ClFS/c1-8(2,3)5-4-6(10)11-7(5)9/h4H,1-3H3. The molecular weight excluding hydrogens is 183 g/mol. The Balaban J connectivity index is 3.13. The summed E-state index contributed by atoms with van der Waals surface area (Å²) in [5.41, 5.74) is 0.833. The van der Waals surface area contributed by atoms with E-state index >= 15 is 0 Å². The van der Waals surface area contributed by atoms with E-state index in [2.05, 4.69) is 0 Å². The van der Waals surface area contributed by atoms with Crippen molar-refractivity contribution in [3.8, 4) is 0 Å². The highest BCUT2D eigenvalue weighted by molar-refractivity contribution is 7.14. The third-order valence-corrected chi connectivity index (χ3v) is 2.61. The van der Waals surface area contributed by atoms with E-state index in [-0.39, 0.29) is 10.5 Å². The van der Waals surface area contributed by atoms with Crippen molar-refractivity contribution in [1.29, 1.82) is 0 Å². The van der Waals surface area contributed by atoms with E-state index in [4.69, 9.17) is 11.6 Å². The Kier molecular flexibility index (Phi) is 2.26. The zero-order valence-corrected chi connectivity index (χ0v) is 8.31.